The lowest BCUT2D eigenvalue weighted by Gasteiger charge is -2.11. The summed E-state index contributed by atoms with van der Waals surface area (Å²) in [5.74, 6) is -0.374. The van der Waals surface area contributed by atoms with E-state index in [1.807, 2.05) is 13.8 Å². The molecule has 0 fully saturated rings. The molecule has 1 aromatic heterocycles. The van der Waals surface area contributed by atoms with Gasteiger partial charge >= 0.3 is 0 Å². The molecule has 0 radical (unpaired) electrons. The lowest BCUT2D eigenvalue weighted by Crippen LogP contribution is -2.03. The van der Waals surface area contributed by atoms with E-state index in [-0.39, 0.29) is 5.56 Å². The second-order valence-corrected chi connectivity index (χ2v) is 4.02. The van der Waals surface area contributed by atoms with E-state index in [4.69, 9.17) is 0 Å². The van der Waals surface area contributed by atoms with Crippen LogP contribution in [0.4, 0.5) is 14.6 Å². The number of benzene rings is 1. The van der Waals surface area contributed by atoms with Crippen LogP contribution in [0.15, 0.2) is 18.2 Å². The Morgan fingerprint density at radius 1 is 1.06 bits per heavy atom. The molecule has 0 saturated heterocycles. The third-order valence-electron chi connectivity index (χ3n) is 2.94. The third-order valence-corrected chi connectivity index (χ3v) is 2.94. The smallest absolute Gasteiger partial charge is 0.151 e. The van der Waals surface area contributed by atoms with Gasteiger partial charge in [0.25, 0.3) is 0 Å². The molecule has 0 bridgehead atoms. The first kappa shape index (κ1) is 12.4. The van der Waals surface area contributed by atoms with Gasteiger partial charge in [0.1, 0.15) is 11.6 Å². The summed E-state index contributed by atoms with van der Waals surface area (Å²) < 4.78 is 26.9. The van der Waals surface area contributed by atoms with Crippen molar-refractivity contribution in [2.75, 3.05) is 12.4 Å². The Bertz CT molecular complexity index is 597. The number of rotatable bonds is 2. The molecule has 0 amide bonds. The molecule has 2 rings (SSSR count). The highest BCUT2D eigenvalue weighted by atomic mass is 19.1. The van der Waals surface area contributed by atoms with Gasteiger partial charge in [-0.3, -0.25) is 0 Å². The normalized spacial score (nSPS) is 10.5. The molecule has 1 aromatic carbocycles. The minimum atomic E-state index is -0.509. The maximum Gasteiger partial charge on any atom is 0.151 e. The number of halogens is 2. The van der Waals surface area contributed by atoms with Crippen LogP contribution in [-0.4, -0.2) is 17.2 Å². The Balaban J connectivity index is 2.65. The summed E-state index contributed by atoms with van der Waals surface area (Å²) in [5.41, 5.74) is 2.14. The average molecular weight is 249 g/mol. The van der Waals surface area contributed by atoms with Gasteiger partial charge in [0, 0.05) is 12.6 Å². The van der Waals surface area contributed by atoms with Gasteiger partial charge in [-0.05, 0) is 43.2 Å². The van der Waals surface area contributed by atoms with Crippen LogP contribution < -0.4 is 5.32 Å². The van der Waals surface area contributed by atoms with E-state index in [0.717, 1.165) is 29.3 Å². The molecule has 1 N–H and O–H groups in total. The van der Waals surface area contributed by atoms with Gasteiger partial charge in [-0.15, -0.1) is 10.2 Å². The van der Waals surface area contributed by atoms with Crippen molar-refractivity contribution in [1.29, 1.82) is 0 Å². The monoisotopic (exact) mass is 249 g/mol. The van der Waals surface area contributed by atoms with Crippen molar-refractivity contribution >= 4 is 5.82 Å². The van der Waals surface area contributed by atoms with Crippen LogP contribution in [0, 0.1) is 25.5 Å². The summed E-state index contributed by atoms with van der Waals surface area (Å²) in [4.78, 5) is 0. The fourth-order valence-corrected chi connectivity index (χ4v) is 1.78. The Morgan fingerprint density at radius 2 is 1.78 bits per heavy atom. The van der Waals surface area contributed by atoms with Crippen LogP contribution in [-0.2, 0) is 0 Å². The zero-order valence-corrected chi connectivity index (χ0v) is 10.4. The quantitative estimate of drug-likeness (QED) is 0.888. The van der Waals surface area contributed by atoms with Gasteiger partial charge in [-0.25, -0.2) is 8.78 Å². The molecule has 0 saturated carbocycles. The SMILES string of the molecule is CNc1nnc(-c2cc(F)ccc2F)c(C)c1C. The first-order valence-corrected chi connectivity index (χ1v) is 5.51. The first-order chi connectivity index (χ1) is 8.54. The predicted molar refractivity (Wildman–Crippen MR) is 66.4 cm³/mol. The summed E-state index contributed by atoms with van der Waals surface area (Å²) >= 11 is 0. The molecule has 94 valence electrons. The van der Waals surface area contributed by atoms with Crippen molar-refractivity contribution in [1.82, 2.24) is 10.2 Å². The van der Waals surface area contributed by atoms with Gasteiger partial charge in [0.15, 0.2) is 5.82 Å². The van der Waals surface area contributed by atoms with Gasteiger partial charge in [0.05, 0.1) is 5.69 Å². The van der Waals surface area contributed by atoms with E-state index in [1.165, 1.54) is 0 Å². The van der Waals surface area contributed by atoms with Crippen molar-refractivity contribution in [3.63, 3.8) is 0 Å². The van der Waals surface area contributed by atoms with Crippen molar-refractivity contribution in [3.8, 4) is 11.3 Å². The predicted octanol–water partition coefficient (Wildman–Crippen LogP) is 3.08. The third kappa shape index (κ3) is 2.03. The molecular formula is C13H13F2N3. The molecule has 18 heavy (non-hydrogen) atoms. The molecule has 2 aromatic rings. The number of nitrogens with zero attached hydrogens (tertiary/aromatic N) is 2. The van der Waals surface area contributed by atoms with Crippen molar-refractivity contribution in [2.45, 2.75) is 13.8 Å². The fourth-order valence-electron chi connectivity index (χ4n) is 1.78. The van der Waals surface area contributed by atoms with Crippen molar-refractivity contribution in [3.05, 3.63) is 41.0 Å². The number of hydrogen-bond acceptors (Lipinski definition) is 3. The van der Waals surface area contributed by atoms with E-state index < -0.39 is 11.6 Å². The van der Waals surface area contributed by atoms with Gasteiger partial charge < -0.3 is 5.32 Å². The summed E-state index contributed by atoms with van der Waals surface area (Å²) in [5, 5.41) is 10.8. The molecule has 5 heteroatoms. The second kappa shape index (κ2) is 4.68. The Hall–Kier alpha value is -2.04. The Labute approximate surface area is 104 Å². The fraction of sp³-hybridized carbons (Fsp3) is 0.231. The highest BCUT2D eigenvalue weighted by Crippen LogP contribution is 2.28. The Kier molecular flexibility index (Phi) is 3.23. The lowest BCUT2D eigenvalue weighted by molar-refractivity contribution is 0.602. The van der Waals surface area contributed by atoms with E-state index in [9.17, 15) is 8.78 Å². The van der Waals surface area contributed by atoms with Crippen LogP contribution >= 0.6 is 0 Å². The van der Waals surface area contributed by atoms with Crippen LogP contribution in [0.5, 0.6) is 0 Å². The number of nitrogens with one attached hydrogen (secondary N) is 1. The van der Waals surface area contributed by atoms with E-state index in [2.05, 4.69) is 15.5 Å². The van der Waals surface area contributed by atoms with Gasteiger partial charge in [0.2, 0.25) is 0 Å². The minimum absolute atomic E-state index is 0.130. The van der Waals surface area contributed by atoms with E-state index in [0.29, 0.717) is 11.5 Å². The second-order valence-electron chi connectivity index (χ2n) is 4.02. The Morgan fingerprint density at radius 3 is 2.44 bits per heavy atom. The highest BCUT2D eigenvalue weighted by molar-refractivity contribution is 5.67. The van der Waals surface area contributed by atoms with Crippen LogP contribution in [0.25, 0.3) is 11.3 Å². The molecule has 1 heterocycles. The highest BCUT2D eigenvalue weighted by Gasteiger charge is 2.14. The number of anilines is 1. The van der Waals surface area contributed by atoms with Crippen molar-refractivity contribution < 1.29 is 8.78 Å². The summed E-state index contributed by atoms with van der Waals surface area (Å²) in [6.45, 7) is 3.67. The standard InChI is InChI=1S/C13H13F2N3/c1-7-8(2)13(16-3)18-17-12(7)10-6-9(14)4-5-11(10)15/h4-6H,1-3H3,(H,16,18). The maximum absolute atomic E-state index is 13.7. The lowest BCUT2D eigenvalue weighted by atomic mass is 10.0. The van der Waals surface area contributed by atoms with E-state index in [1.54, 1.807) is 7.05 Å². The molecular weight excluding hydrogens is 236 g/mol. The summed E-state index contributed by atoms with van der Waals surface area (Å²) in [6.07, 6.45) is 0. The van der Waals surface area contributed by atoms with Crippen LogP contribution in [0.1, 0.15) is 11.1 Å². The summed E-state index contributed by atoms with van der Waals surface area (Å²) in [7, 11) is 1.74. The zero-order chi connectivity index (χ0) is 13.3. The first-order valence-electron chi connectivity index (χ1n) is 5.51. The zero-order valence-electron chi connectivity index (χ0n) is 10.4. The minimum Gasteiger partial charge on any atom is -0.371 e. The van der Waals surface area contributed by atoms with Gasteiger partial charge in [-0.1, -0.05) is 0 Å². The molecule has 0 unspecified atom stereocenters. The van der Waals surface area contributed by atoms with E-state index >= 15 is 0 Å². The molecule has 0 spiro atoms. The molecule has 0 aliphatic heterocycles. The molecule has 0 aliphatic carbocycles. The van der Waals surface area contributed by atoms with Crippen LogP contribution in [0.2, 0.25) is 0 Å². The number of hydrogen-bond donors (Lipinski definition) is 1. The average Bonchev–Trinajstić information content (AvgIpc) is 2.36. The topological polar surface area (TPSA) is 37.8 Å². The maximum atomic E-state index is 13.7. The van der Waals surface area contributed by atoms with Crippen LogP contribution in [0.3, 0.4) is 0 Å². The number of aromatic nitrogens is 2. The largest absolute Gasteiger partial charge is 0.371 e. The molecule has 3 nitrogen and oxygen atoms in total. The molecule has 0 atom stereocenters. The van der Waals surface area contributed by atoms with Crippen molar-refractivity contribution in [2.24, 2.45) is 0 Å². The van der Waals surface area contributed by atoms with Gasteiger partial charge in [-0.2, -0.15) is 0 Å². The molecule has 0 aliphatic rings. The summed E-state index contributed by atoms with van der Waals surface area (Å²) in [6, 6.07) is 3.30.